The second-order valence-corrected chi connectivity index (χ2v) is 6.08. The number of nitrogens with zero attached hydrogens (tertiary/aromatic N) is 3. The molecule has 1 aliphatic rings. The summed E-state index contributed by atoms with van der Waals surface area (Å²) in [6.45, 7) is 2.86. The zero-order valence-corrected chi connectivity index (χ0v) is 12.9. The van der Waals surface area contributed by atoms with Gasteiger partial charge in [-0.15, -0.1) is 0 Å². The predicted molar refractivity (Wildman–Crippen MR) is 84.4 cm³/mol. The predicted octanol–water partition coefficient (Wildman–Crippen LogP) is 2.06. The first-order valence-corrected chi connectivity index (χ1v) is 7.66. The molecule has 1 aromatic heterocycles. The van der Waals surface area contributed by atoms with Gasteiger partial charge in [0, 0.05) is 31.0 Å². The maximum Gasteiger partial charge on any atom is 0.308 e. The minimum Gasteiger partial charge on any atom is -0.481 e. The van der Waals surface area contributed by atoms with Crippen molar-refractivity contribution < 1.29 is 14.7 Å². The fourth-order valence-corrected chi connectivity index (χ4v) is 3.06. The first-order valence-electron chi connectivity index (χ1n) is 7.66. The second kappa shape index (κ2) is 6.24. The number of hydrogen-bond donors (Lipinski definition) is 1. The molecule has 1 aromatic carbocycles. The van der Waals surface area contributed by atoms with Crippen molar-refractivity contribution in [1.29, 1.82) is 0 Å². The Morgan fingerprint density at radius 1 is 1.22 bits per heavy atom. The minimum absolute atomic E-state index is 0.116. The van der Waals surface area contributed by atoms with E-state index >= 15 is 0 Å². The molecule has 2 aromatic rings. The van der Waals surface area contributed by atoms with Crippen molar-refractivity contribution in [3.8, 4) is 5.69 Å². The molecule has 0 saturated carbocycles. The van der Waals surface area contributed by atoms with Crippen LogP contribution in [-0.2, 0) is 4.79 Å². The molecule has 0 spiro atoms. The van der Waals surface area contributed by atoms with Crippen molar-refractivity contribution in [2.75, 3.05) is 13.1 Å². The number of carbonyl (C=O) groups excluding carboxylic acids is 1. The number of carbonyl (C=O) groups is 2. The molecule has 0 radical (unpaired) electrons. The average molecular weight is 313 g/mol. The van der Waals surface area contributed by atoms with Crippen LogP contribution in [0, 0.1) is 11.8 Å². The molecular weight excluding hydrogens is 294 g/mol. The normalized spacial score (nSPS) is 21.2. The molecule has 1 aliphatic heterocycles. The Labute approximate surface area is 134 Å². The Morgan fingerprint density at radius 2 is 1.96 bits per heavy atom. The Kier molecular flexibility index (Phi) is 4.14. The highest BCUT2D eigenvalue weighted by molar-refractivity contribution is 5.94. The van der Waals surface area contributed by atoms with Gasteiger partial charge in [-0.3, -0.25) is 9.59 Å². The van der Waals surface area contributed by atoms with E-state index in [0.29, 0.717) is 18.5 Å². The van der Waals surface area contributed by atoms with Crippen LogP contribution in [0.3, 0.4) is 0 Å². The topological polar surface area (TPSA) is 75.4 Å². The molecule has 1 fully saturated rings. The van der Waals surface area contributed by atoms with Gasteiger partial charge in [-0.25, -0.2) is 4.68 Å². The van der Waals surface area contributed by atoms with Crippen molar-refractivity contribution in [1.82, 2.24) is 14.7 Å². The second-order valence-electron chi connectivity index (χ2n) is 6.08. The Morgan fingerprint density at radius 3 is 2.57 bits per heavy atom. The van der Waals surface area contributed by atoms with Gasteiger partial charge in [0.25, 0.3) is 5.91 Å². The minimum atomic E-state index is -0.830. The molecule has 6 nitrogen and oxygen atoms in total. The number of carboxylic acid groups (broad SMARTS) is 1. The van der Waals surface area contributed by atoms with Crippen molar-refractivity contribution in [2.45, 2.75) is 13.3 Å². The van der Waals surface area contributed by atoms with E-state index in [2.05, 4.69) is 5.10 Å². The van der Waals surface area contributed by atoms with Gasteiger partial charge in [-0.1, -0.05) is 6.92 Å². The molecule has 23 heavy (non-hydrogen) atoms. The third-order valence-electron chi connectivity index (χ3n) is 4.18. The summed E-state index contributed by atoms with van der Waals surface area (Å²) in [7, 11) is 0. The lowest BCUT2D eigenvalue weighted by atomic mass is 9.90. The van der Waals surface area contributed by atoms with E-state index in [-0.39, 0.29) is 18.4 Å². The summed E-state index contributed by atoms with van der Waals surface area (Å²) in [5.41, 5.74) is 1.45. The highest BCUT2D eigenvalue weighted by Gasteiger charge is 2.32. The van der Waals surface area contributed by atoms with E-state index < -0.39 is 11.9 Å². The summed E-state index contributed by atoms with van der Waals surface area (Å²) in [5.74, 6) is -1.23. The summed E-state index contributed by atoms with van der Waals surface area (Å²) in [4.78, 5) is 25.5. The lowest BCUT2D eigenvalue weighted by molar-refractivity contribution is -0.143. The molecule has 1 amide bonds. The average Bonchev–Trinajstić information content (AvgIpc) is 3.08. The number of rotatable bonds is 3. The zero-order valence-electron chi connectivity index (χ0n) is 12.9. The van der Waals surface area contributed by atoms with Crippen LogP contribution in [0.4, 0.5) is 0 Å². The number of carboxylic acids is 1. The summed E-state index contributed by atoms with van der Waals surface area (Å²) in [5, 5.41) is 13.4. The molecule has 6 heteroatoms. The lowest BCUT2D eigenvalue weighted by Crippen LogP contribution is -2.45. The van der Waals surface area contributed by atoms with Crippen LogP contribution in [0.5, 0.6) is 0 Å². The number of aromatic nitrogens is 2. The van der Waals surface area contributed by atoms with Crippen molar-refractivity contribution in [3.05, 3.63) is 48.3 Å². The molecule has 2 atom stereocenters. The third-order valence-corrected chi connectivity index (χ3v) is 4.18. The van der Waals surface area contributed by atoms with Crippen LogP contribution in [-0.4, -0.2) is 44.8 Å². The van der Waals surface area contributed by atoms with Crippen molar-refractivity contribution in [2.24, 2.45) is 11.8 Å². The van der Waals surface area contributed by atoms with Gasteiger partial charge in [0.15, 0.2) is 0 Å². The molecule has 0 aliphatic carbocycles. The molecule has 2 heterocycles. The summed E-state index contributed by atoms with van der Waals surface area (Å²) in [6, 6.07) is 9.02. The van der Waals surface area contributed by atoms with Crippen LogP contribution in [0.25, 0.3) is 5.69 Å². The quantitative estimate of drug-likeness (QED) is 0.941. The maximum atomic E-state index is 12.6. The molecule has 0 bridgehead atoms. The first-order chi connectivity index (χ1) is 11.0. The van der Waals surface area contributed by atoms with Crippen LogP contribution >= 0.6 is 0 Å². The van der Waals surface area contributed by atoms with Crippen LogP contribution in [0.2, 0.25) is 0 Å². The zero-order chi connectivity index (χ0) is 16.4. The van der Waals surface area contributed by atoms with Gasteiger partial charge in [-0.05, 0) is 42.7 Å². The fraction of sp³-hybridized carbons (Fsp3) is 0.353. The SMILES string of the molecule is CC1CC(C(=O)O)CN(C(=O)c2ccc(-n3cccn3)cc2)C1. The molecule has 2 unspecified atom stereocenters. The number of benzene rings is 1. The van der Waals surface area contributed by atoms with Gasteiger partial charge in [0.1, 0.15) is 0 Å². The molecule has 120 valence electrons. The molecule has 1 saturated heterocycles. The van der Waals surface area contributed by atoms with Crippen LogP contribution < -0.4 is 0 Å². The van der Waals surface area contributed by atoms with E-state index in [1.165, 1.54) is 0 Å². The van der Waals surface area contributed by atoms with Crippen LogP contribution in [0.15, 0.2) is 42.7 Å². The van der Waals surface area contributed by atoms with E-state index in [0.717, 1.165) is 5.69 Å². The Bertz CT molecular complexity index is 694. The van der Waals surface area contributed by atoms with Gasteiger partial charge >= 0.3 is 5.97 Å². The van der Waals surface area contributed by atoms with Crippen LogP contribution in [0.1, 0.15) is 23.7 Å². The Hall–Kier alpha value is -2.63. The van der Waals surface area contributed by atoms with E-state index in [4.69, 9.17) is 0 Å². The Balaban J connectivity index is 1.76. The number of hydrogen-bond acceptors (Lipinski definition) is 3. The van der Waals surface area contributed by atoms with Gasteiger partial charge < -0.3 is 10.0 Å². The highest BCUT2D eigenvalue weighted by Crippen LogP contribution is 2.23. The van der Waals surface area contributed by atoms with E-state index in [9.17, 15) is 14.7 Å². The van der Waals surface area contributed by atoms with Crippen molar-refractivity contribution in [3.63, 3.8) is 0 Å². The fourth-order valence-electron chi connectivity index (χ4n) is 3.06. The smallest absolute Gasteiger partial charge is 0.308 e. The number of piperidine rings is 1. The molecular formula is C17H19N3O3. The van der Waals surface area contributed by atoms with E-state index in [1.807, 2.05) is 31.3 Å². The monoisotopic (exact) mass is 313 g/mol. The van der Waals surface area contributed by atoms with Gasteiger partial charge in [-0.2, -0.15) is 5.10 Å². The molecule has 1 N–H and O–H groups in total. The number of amides is 1. The summed E-state index contributed by atoms with van der Waals surface area (Å²) in [6.07, 6.45) is 4.15. The van der Waals surface area contributed by atoms with Gasteiger partial charge in [0.2, 0.25) is 0 Å². The highest BCUT2D eigenvalue weighted by atomic mass is 16.4. The largest absolute Gasteiger partial charge is 0.481 e. The summed E-state index contributed by atoms with van der Waals surface area (Å²) >= 11 is 0. The lowest BCUT2D eigenvalue weighted by Gasteiger charge is -2.34. The van der Waals surface area contributed by atoms with Crippen molar-refractivity contribution >= 4 is 11.9 Å². The number of aliphatic carboxylic acids is 1. The summed E-state index contributed by atoms with van der Waals surface area (Å²) < 4.78 is 1.72. The first kappa shape index (κ1) is 15.3. The standard InChI is InChI=1S/C17H19N3O3/c1-12-9-14(17(22)23)11-19(10-12)16(21)13-3-5-15(6-4-13)20-8-2-7-18-20/h2-8,12,14H,9-11H2,1H3,(H,22,23). The maximum absolute atomic E-state index is 12.6. The molecule has 3 rings (SSSR count). The van der Waals surface area contributed by atoms with E-state index in [1.54, 1.807) is 27.9 Å². The van der Waals surface area contributed by atoms with Gasteiger partial charge in [0.05, 0.1) is 11.6 Å². The third kappa shape index (κ3) is 3.26. The number of likely N-dealkylation sites (tertiary alicyclic amines) is 1.